The Morgan fingerprint density at radius 3 is 2.41 bits per heavy atom. The molecule has 3 aromatic carbocycles. The van der Waals surface area contributed by atoms with Crippen LogP contribution in [0.1, 0.15) is 23.2 Å². The topological polar surface area (TPSA) is 92.1 Å². The maximum Gasteiger partial charge on any atom is 0.231 e. The lowest BCUT2D eigenvalue weighted by molar-refractivity contribution is -0.115. The fourth-order valence-corrected chi connectivity index (χ4v) is 4.22. The lowest BCUT2D eigenvalue weighted by atomic mass is 10.1. The van der Waals surface area contributed by atoms with E-state index in [0.717, 1.165) is 27.8 Å². The summed E-state index contributed by atoms with van der Waals surface area (Å²) in [4.78, 5) is 22.4. The Morgan fingerprint density at radius 2 is 1.59 bits per heavy atom. The van der Waals surface area contributed by atoms with E-state index < -0.39 is 6.10 Å². The zero-order chi connectivity index (χ0) is 25.5. The van der Waals surface area contributed by atoms with Crippen LogP contribution in [0.2, 0.25) is 0 Å². The summed E-state index contributed by atoms with van der Waals surface area (Å²) in [6.45, 7) is 1.09. The average Bonchev–Trinajstić information content (AvgIpc) is 3.33. The minimum atomic E-state index is -0.571. The Kier molecular flexibility index (Phi) is 7.64. The van der Waals surface area contributed by atoms with E-state index in [-0.39, 0.29) is 12.3 Å². The molecule has 1 amide bonds. The third-order valence-electron chi connectivity index (χ3n) is 6.12. The molecule has 7 heteroatoms. The Morgan fingerprint density at radius 1 is 0.865 bits per heavy atom. The highest BCUT2D eigenvalue weighted by Gasteiger charge is 2.15. The van der Waals surface area contributed by atoms with Crippen LogP contribution in [-0.4, -0.2) is 38.6 Å². The van der Waals surface area contributed by atoms with Crippen LogP contribution in [0.15, 0.2) is 103 Å². The number of fused-ring (bicyclic) bond motifs is 1. The summed E-state index contributed by atoms with van der Waals surface area (Å²) < 4.78 is 1.89. The smallest absolute Gasteiger partial charge is 0.231 e. The van der Waals surface area contributed by atoms with Crippen LogP contribution < -0.4 is 10.6 Å². The third kappa shape index (κ3) is 6.27. The van der Waals surface area contributed by atoms with Crippen molar-refractivity contribution in [3.8, 4) is 5.82 Å². The van der Waals surface area contributed by atoms with E-state index in [9.17, 15) is 9.90 Å². The number of hydrogen-bond acceptors (Lipinski definition) is 5. The van der Waals surface area contributed by atoms with Gasteiger partial charge in [-0.15, -0.1) is 0 Å². The number of carbonyl (C=O) groups excluding carboxylic acids is 1. The van der Waals surface area contributed by atoms with Gasteiger partial charge in [0.2, 0.25) is 5.91 Å². The first-order valence-electron chi connectivity index (χ1n) is 12.4. The molecular weight excluding hydrogens is 462 g/mol. The number of aromatic nitrogens is 3. The monoisotopic (exact) mass is 491 g/mol. The first-order valence-corrected chi connectivity index (χ1v) is 12.4. The lowest BCUT2D eigenvalue weighted by Gasteiger charge is -2.11. The molecule has 37 heavy (non-hydrogen) atoms. The van der Waals surface area contributed by atoms with Gasteiger partial charge in [0.25, 0.3) is 0 Å². The number of imidazole rings is 1. The summed E-state index contributed by atoms with van der Waals surface area (Å²) in [6.07, 6.45) is 2.13. The molecule has 0 fully saturated rings. The van der Waals surface area contributed by atoms with E-state index in [4.69, 9.17) is 9.97 Å². The second-order valence-electron chi connectivity index (χ2n) is 8.85. The van der Waals surface area contributed by atoms with Crippen LogP contribution in [0.4, 0.5) is 5.69 Å². The second-order valence-corrected chi connectivity index (χ2v) is 8.85. The average molecular weight is 492 g/mol. The van der Waals surface area contributed by atoms with Crippen LogP contribution in [0.3, 0.4) is 0 Å². The molecule has 1 atom stereocenters. The highest BCUT2D eigenvalue weighted by atomic mass is 16.3. The molecule has 5 aromatic rings. The molecule has 2 aromatic heterocycles. The van der Waals surface area contributed by atoms with E-state index in [1.165, 1.54) is 0 Å². The van der Waals surface area contributed by atoms with Crippen LogP contribution in [0.5, 0.6) is 0 Å². The van der Waals surface area contributed by atoms with Gasteiger partial charge in [-0.05, 0) is 35.9 Å². The van der Waals surface area contributed by atoms with Crippen molar-refractivity contribution in [3.63, 3.8) is 0 Å². The summed E-state index contributed by atoms with van der Waals surface area (Å²) in [5.74, 6) is 1.19. The molecule has 186 valence electrons. The van der Waals surface area contributed by atoms with Gasteiger partial charge < -0.3 is 15.7 Å². The fraction of sp³-hybridized carbons (Fsp3) is 0.167. The SMILES string of the molecule is O=C(Cc1nc(CCNC[C@H](O)c2ccccc2)cn1-c1ccc2ccccc2n1)Nc1ccccc1. The van der Waals surface area contributed by atoms with Gasteiger partial charge in [0.05, 0.1) is 23.7 Å². The lowest BCUT2D eigenvalue weighted by Crippen LogP contribution is -2.23. The predicted molar refractivity (Wildman–Crippen MR) is 146 cm³/mol. The summed E-state index contributed by atoms with van der Waals surface area (Å²) in [7, 11) is 0. The van der Waals surface area contributed by atoms with E-state index in [1.54, 1.807) is 0 Å². The molecule has 0 saturated heterocycles. The number of aliphatic hydroxyl groups is 1. The Balaban J connectivity index is 1.31. The standard InChI is InChI=1S/C30H29N5O2/c36-27(23-10-3-1-4-11-23)20-31-18-17-25-21-35(28-16-15-22-9-7-8-14-26(22)34-28)29(32-25)19-30(37)33-24-12-5-2-6-13-24/h1-16,21,27,31,36H,17-20H2,(H,33,37)/t27-/m0/s1. The van der Waals surface area contributed by atoms with Crippen molar-refractivity contribution in [1.82, 2.24) is 19.9 Å². The zero-order valence-corrected chi connectivity index (χ0v) is 20.4. The number of rotatable bonds is 10. The number of anilines is 1. The number of para-hydroxylation sites is 2. The van der Waals surface area contributed by atoms with Gasteiger partial charge >= 0.3 is 0 Å². The molecule has 7 nitrogen and oxygen atoms in total. The van der Waals surface area contributed by atoms with Crippen molar-refractivity contribution in [2.75, 3.05) is 18.4 Å². The molecule has 0 saturated carbocycles. The Labute approximate surface area is 215 Å². The Bertz CT molecular complexity index is 1470. The molecule has 3 N–H and O–H groups in total. The number of aliphatic hydroxyl groups excluding tert-OH is 1. The maximum absolute atomic E-state index is 12.8. The van der Waals surface area contributed by atoms with Gasteiger partial charge in [-0.2, -0.15) is 0 Å². The van der Waals surface area contributed by atoms with E-state index in [1.807, 2.05) is 108 Å². The molecule has 0 aliphatic heterocycles. The molecule has 0 spiro atoms. The number of nitrogens with one attached hydrogen (secondary N) is 2. The number of amides is 1. The largest absolute Gasteiger partial charge is 0.387 e. The van der Waals surface area contributed by atoms with Gasteiger partial charge in [-0.25, -0.2) is 9.97 Å². The molecule has 0 aliphatic rings. The molecule has 2 heterocycles. The van der Waals surface area contributed by atoms with Crippen LogP contribution in [0, 0.1) is 0 Å². The van der Waals surface area contributed by atoms with Crippen LogP contribution in [-0.2, 0) is 17.6 Å². The normalized spacial score (nSPS) is 11.9. The minimum absolute atomic E-state index is 0.115. The number of benzene rings is 3. The van der Waals surface area contributed by atoms with Crippen molar-refractivity contribution < 1.29 is 9.90 Å². The van der Waals surface area contributed by atoms with Crippen molar-refractivity contribution in [2.45, 2.75) is 18.9 Å². The molecule has 0 unspecified atom stereocenters. The molecule has 0 radical (unpaired) electrons. The third-order valence-corrected chi connectivity index (χ3v) is 6.12. The van der Waals surface area contributed by atoms with Crippen LogP contribution >= 0.6 is 0 Å². The molecule has 5 rings (SSSR count). The maximum atomic E-state index is 12.8. The zero-order valence-electron chi connectivity index (χ0n) is 20.4. The van der Waals surface area contributed by atoms with E-state index in [2.05, 4.69) is 10.6 Å². The van der Waals surface area contributed by atoms with Crippen molar-refractivity contribution >= 4 is 22.5 Å². The van der Waals surface area contributed by atoms with Crippen molar-refractivity contribution in [3.05, 3.63) is 120 Å². The molecule has 0 bridgehead atoms. The highest BCUT2D eigenvalue weighted by Crippen LogP contribution is 2.18. The number of carbonyl (C=O) groups is 1. The summed E-state index contributed by atoms with van der Waals surface area (Å²) >= 11 is 0. The number of pyridine rings is 1. The van der Waals surface area contributed by atoms with Gasteiger partial charge in [0, 0.05) is 36.8 Å². The summed E-state index contributed by atoms with van der Waals surface area (Å²) in [5, 5.41) is 17.7. The quantitative estimate of drug-likeness (QED) is 0.251. The van der Waals surface area contributed by atoms with Crippen molar-refractivity contribution in [1.29, 1.82) is 0 Å². The first kappa shape index (κ1) is 24.4. The van der Waals surface area contributed by atoms with E-state index >= 15 is 0 Å². The van der Waals surface area contributed by atoms with Gasteiger partial charge in [0.1, 0.15) is 11.6 Å². The van der Waals surface area contributed by atoms with E-state index in [0.29, 0.717) is 31.2 Å². The van der Waals surface area contributed by atoms with Gasteiger partial charge in [0.15, 0.2) is 0 Å². The molecule has 0 aliphatic carbocycles. The minimum Gasteiger partial charge on any atom is -0.387 e. The Hall–Kier alpha value is -4.33. The van der Waals surface area contributed by atoms with Gasteiger partial charge in [-0.1, -0.05) is 66.7 Å². The summed E-state index contributed by atoms with van der Waals surface area (Å²) in [5.41, 5.74) is 3.36. The molecular formula is C30H29N5O2. The van der Waals surface area contributed by atoms with Crippen LogP contribution in [0.25, 0.3) is 16.7 Å². The van der Waals surface area contributed by atoms with Gasteiger partial charge in [-0.3, -0.25) is 9.36 Å². The summed E-state index contributed by atoms with van der Waals surface area (Å²) in [6, 6.07) is 30.9. The number of hydrogen-bond donors (Lipinski definition) is 3. The second kappa shape index (κ2) is 11.6. The highest BCUT2D eigenvalue weighted by molar-refractivity contribution is 5.91. The fourth-order valence-electron chi connectivity index (χ4n) is 4.22. The predicted octanol–water partition coefficient (Wildman–Crippen LogP) is 4.47. The van der Waals surface area contributed by atoms with Crippen molar-refractivity contribution in [2.24, 2.45) is 0 Å². The number of nitrogens with zero attached hydrogens (tertiary/aromatic N) is 3. The first-order chi connectivity index (χ1) is 18.2.